The third kappa shape index (κ3) is 6.87. The molecule has 0 nitrogen and oxygen atoms in total. The summed E-state index contributed by atoms with van der Waals surface area (Å²) >= 11 is 0. The quantitative estimate of drug-likeness (QED) is 0.405. The molecule has 0 saturated heterocycles. The minimum absolute atomic E-state index is 0.598. The monoisotopic (exact) mass is 343 g/mol. The molecule has 3 unspecified atom stereocenters. The Morgan fingerprint density at radius 1 is 1.00 bits per heavy atom. The topological polar surface area (TPSA) is 0 Å². The van der Waals surface area contributed by atoms with Gasteiger partial charge in [0.2, 0.25) is 5.82 Å². The van der Waals surface area contributed by atoms with Crippen molar-refractivity contribution in [3.63, 3.8) is 0 Å². The van der Waals surface area contributed by atoms with Gasteiger partial charge in [-0.3, -0.25) is 0 Å². The Balaban J connectivity index is 2.66. The molecule has 132 valence electrons. The maximum absolute atomic E-state index is 14.1. The fourth-order valence-corrected chi connectivity index (χ4v) is 6.53. The molecule has 0 bridgehead atoms. The summed E-state index contributed by atoms with van der Waals surface area (Å²) in [6.45, 7) is 8.96. The molecular weight excluding hydrogens is 309 g/mol. The number of benzene rings is 1. The molecular formula is C20H34F2P+. The molecule has 0 radical (unpaired) electrons. The maximum atomic E-state index is 14.1. The van der Waals surface area contributed by atoms with Gasteiger partial charge in [-0.2, -0.15) is 4.39 Å². The summed E-state index contributed by atoms with van der Waals surface area (Å²) in [5, 5.41) is 0.671. The van der Waals surface area contributed by atoms with Gasteiger partial charge < -0.3 is 0 Å². The molecule has 0 fully saturated rings. The Morgan fingerprint density at radius 3 is 2.35 bits per heavy atom. The molecule has 1 rings (SSSR count). The molecule has 0 aliphatic carbocycles. The highest BCUT2D eigenvalue weighted by atomic mass is 31.1. The van der Waals surface area contributed by atoms with Crippen LogP contribution in [0.2, 0.25) is 0 Å². The van der Waals surface area contributed by atoms with Crippen molar-refractivity contribution in [2.75, 3.05) is 12.3 Å². The zero-order valence-electron chi connectivity index (χ0n) is 15.3. The van der Waals surface area contributed by atoms with Gasteiger partial charge in [-0.05, 0) is 36.8 Å². The van der Waals surface area contributed by atoms with Gasteiger partial charge in [0, 0.05) is 7.92 Å². The number of hydrogen-bond donors (Lipinski definition) is 0. The second-order valence-electron chi connectivity index (χ2n) is 6.90. The van der Waals surface area contributed by atoms with E-state index >= 15 is 0 Å². The molecule has 3 atom stereocenters. The highest BCUT2D eigenvalue weighted by Crippen LogP contribution is 2.40. The minimum Gasteiger partial charge on any atom is -0.204 e. The molecule has 1 aromatic rings. The van der Waals surface area contributed by atoms with Crippen LogP contribution in [0.25, 0.3) is 0 Å². The summed E-state index contributed by atoms with van der Waals surface area (Å²) in [5.74, 6) is 0.140. The fourth-order valence-electron chi connectivity index (χ4n) is 3.43. The molecule has 3 heteroatoms. The first-order valence-corrected chi connectivity index (χ1v) is 11.2. The standard InChI is InChI=1S/C20H33F2P/c1-5-9-17(7-3)13-12-16(4)15-23(14-6-2)19-11-8-10-18(21)20(19)22/h8,10-11,16-17H,5-7,9,12-15H2,1-4H3/p+1. The smallest absolute Gasteiger partial charge is 0.200 e. The van der Waals surface area contributed by atoms with Crippen LogP contribution in [0.4, 0.5) is 8.78 Å². The molecule has 0 aliphatic heterocycles. The SMILES string of the molecule is CCCC(CC)CCC(C)C[PH+](CCC)c1cccc(F)c1F. The van der Waals surface area contributed by atoms with E-state index < -0.39 is 19.6 Å². The molecule has 0 aromatic heterocycles. The average Bonchev–Trinajstić information content (AvgIpc) is 2.53. The highest BCUT2D eigenvalue weighted by molar-refractivity contribution is 7.65. The Hall–Kier alpha value is -0.490. The van der Waals surface area contributed by atoms with Gasteiger partial charge in [0.25, 0.3) is 0 Å². The van der Waals surface area contributed by atoms with Crippen molar-refractivity contribution >= 4 is 13.2 Å². The number of hydrogen-bond acceptors (Lipinski definition) is 0. The summed E-state index contributed by atoms with van der Waals surface area (Å²) in [4.78, 5) is 0. The average molecular weight is 343 g/mol. The molecule has 1 aromatic carbocycles. The van der Waals surface area contributed by atoms with E-state index in [1.165, 1.54) is 38.2 Å². The van der Waals surface area contributed by atoms with E-state index in [2.05, 4.69) is 27.7 Å². The number of halogens is 2. The zero-order valence-corrected chi connectivity index (χ0v) is 16.3. The van der Waals surface area contributed by atoms with E-state index in [1.807, 2.05) is 0 Å². The summed E-state index contributed by atoms with van der Waals surface area (Å²) in [7, 11) is -1.01. The molecule has 0 saturated carbocycles. The fraction of sp³-hybridized carbons (Fsp3) is 0.700. The lowest BCUT2D eigenvalue weighted by Gasteiger charge is -2.19. The van der Waals surface area contributed by atoms with E-state index in [-0.39, 0.29) is 0 Å². The first-order valence-electron chi connectivity index (χ1n) is 9.32. The van der Waals surface area contributed by atoms with Crippen LogP contribution in [-0.4, -0.2) is 12.3 Å². The Morgan fingerprint density at radius 2 is 1.74 bits per heavy atom. The lowest BCUT2D eigenvalue weighted by Crippen LogP contribution is -2.16. The van der Waals surface area contributed by atoms with E-state index in [1.54, 1.807) is 12.1 Å². The van der Waals surface area contributed by atoms with Crippen molar-refractivity contribution in [1.82, 2.24) is 0 Å². The van der Waals surface area contributed by atoms with Crippen LogP contribution >= 0.6 is 7.92 Å². The predicted octanol–water partition coefficient (Wildman–Crippen LogP) is 6.46. The summed E-state index contributed by atoms with van der Waals surface area (Å²) in [5.41, 5.74) is 0. The molecule has 0 N–H and O–H groups in total. The van der Waals surface area contributed by atoms with Crippen LogP contribution in [-0.2, 0) is 0 Å². The Kier molecular flexibility index (Phi) is 9.95. The van der Waals surface area contributed by atoms with Crippen LogP contribution in [0, 0.1) is 23.5 Å². The van der Waals surface area contributed by atoms with Crippen LogP contribution in [0.1, 0.15) is 66.2 Å². The first kappa shape index (κ1) is 20.6. The van der Waals surface area contributed by atoms with E-state index in [0.29, 0.717) is 11.2 Å². The summed E-state index contributed by atoms with van der Waals surface area (Å²) in [6.07, 6.45) is 9.45. The van der Waals surface area contributed by atoms with Crippen molar-refractivity contribution in [2.24, 2.45) is 11.8 Å². The van der Waals surface area contributed by atoms with Crippen LogP contribution in [0.5, 0.6) is 0 Å². The van der Waals surface area contributed by atoms with Crippen molar-refractivity contribution in [3.05, 3.63) is 29.8 Å². The van der Waals surface area contributed by atoms with Gasteiger partial charge in [-0.25, -0.2) is 4.39 Å². The molecule has 23 heavy (non-hydrogen) atoms. The largest absolute Gasteiger partial charge is 0.204 e. The molecule has 0 amide bonds. The Bertz CT molecular complexity index is 447. The van der Waals surface area contributed by atoms with Crippen LogP contribution in [0.15, 0.2) is 18.2 Å². The van der Waals surface area contributed by atoms with Crippen molar-refractivity contribution < 1.29 is 8.78 Å². The lowest BCUT2D eigenvalue weighted by atomic mass is 9.92. The zero-order chi connectivity index (χ0) is 17.2. The van der Waals surface area contributed by atoms with Crippen molar-refractivity contribution in [2.45, 2.75) is 66.2 Å². The van der Waals surface area contributed by atoms with Crippen molar-refractivity contribution in [1.29, 1.82) is 0 Å². The summed E-state index contributed by atoms with van der Waals surface area (Å²) < 4.78 is 27.7. The second kappa shape index (κ2) is 11.1. The van der Waals surface area contributed by atoms with E-state index in [4.69, 9.17) is 0 Å². The lowest BCUT2D eigenvalue weighted by molar-refractivity contribution is 0.389. The summed E-state index contributed by atoms with van der Waals surface area (Å²) in [6, 6.07) is 4.69. The maximum Gasteiger partial charge on any atom is 0.200 e. The first-order chi connectivity index (χ1) is 11.0. The Labute approximate surface area is 142 Å². The second-order valence-corrected chi connectivity index (χ2v) is 9.56. The molecule has 0 aliphatic rings. The third-order valence-corrected chi connectivity index (χ3v) is 8.26. The molecule has 0 spiro atoms. The van der Waals surface area contributed by atoms with Gasteiger partial charge in [0.15, 0.2) is 5.82 Å². The van der Waals surface area contributed by atoms with Gasteiger partial charge in [-0.1, -0.05) is 59.4 Å². The van der Waals surface area contributed by atoms with Crippen LogP contribution in [0.3, 0.4) is 0 Å². The predicted molar refractivity (Wildman–Crippen MR) is 101 cm³/mol. The minimum atomic E-state index is -1.01. The normalized spacial score (nSPS) is 15.4. The van der Waals surface area contributed by atoms with Crippen molar-refractivity contribution in [3.8, 4) is 0 Å². The van der Waals surface area contributed by atoms with Gasteiger partial charge in [0.05, 0.1) is 12.3 Å². The van der Waals surface area contributed by atoms with Gasteiger partial charge >= 0.3 is 0 Å². The third-order valence-electron chi connectivity index (χ3n) is 4.82. The van der Waals surface area contributed by atoms with Crippen LogP contribution < -0.4 is 5.30 Å². The highest BCUT2D eigenvalue weighted by Gasteiger charge is 2.26. The van der Waals surface area contributed by atoms with Gasteiger partial charge in [0.1, 0.15) is 5.30 Å². The van der Waals surface area contributed by atoms with E-state index in [0.717, 1.165) is 24.7 Å². The van der Waals surface area contributed by atoms with E-state index in [9.17, 15) is 8.78 Å². The van der Waals surface area contributed by atoms with Gasteiger partial charge in [-0.15, -0.1) is 0 Å². The number of rotatable bonds is 11. The molecule has 0 heterocycles.